The zero-order valence-corrected chi connectivity index (χ0v) is 19.9. The molecule has 10 heteroatoms. The fraction of sp³-hybridized carbons (Fsp3) is 0.231. The summed E-state index contributed by atoms with van der Waals surface area (Å²) in [5.74, 6) is -1.55. The lowest BCUT2D eigenvalue weighted by molar-refractivity contribution is -0.385. The first kappa shape index (κ1) is 25.2. The molecule has 0 aliphatic heterocycles. The zero-order chi connectivity index (χ0) is 25.7. The summed E-state index contributed by atoms with van der Waals surface area (Å²) in [6, 6.07) is 17.8. The maximum Gasteiger partial charge on any atom is 0.407 e. The van der Waals surface area contributed by atoms with Gasteiger partial charge in [-0.2, -0.15) is 11.8 Å². The van der Waals surface area contributed by atoms with Crippen molar-refractivity contribution in [2.45, 2.75) is 24.1 Å². The fourth-order valence-electron chi connectivity index (χ4n) is 4.27. The number of alkyl carbamates (subject to hydrolysis) is 1. The van der Waals surface area contributed by atoms with Gasteiger partial charge in [0.25, 0.3) is 5.69 Å². The third-order valence-electron chi connectivity index (χ3n) is 5.98. The number of carboxylic acid groups (broad SMARTS) is 1. The lowest BCUT2D eigenvalue weighted by Gasteiger charge is -2.17. The van der Waals surface area contributed by atoms with Crippen molar-refractivity contribution < 1.29 is 28.7 Å². The van der Waals surface area contributed by atoms with Crippen LogP contribution >= 0.6 is 11.8 Å². The van der Waals surface area contributed by atoms with Crippen molar-refractivity contribution in [3.8, 4) is 11.1 Å². The van der Waals surface area contributed by atoms with Crippen molar-refractivity contribution >= 4 is 29.5 Å². The minimum atomic E-state index is -1.22. The lowest BCUT2D eigenvalue weighted by atomic mass is 9.98. The first-order chi connectivity index (χ1) is 17.3. The van der Waals surface area contributed by atoms with Crippen LogP contribution in [0.1, 0.15) is 29.0 Å². The van der Waals surface area contributed by atoms with Gasteiger partial charge in [0.1, 0.15) is 18.5 Å². The number of thioether (sulfide) groups is 1. The summed E-state index contributed by atoms with van der Waals surface area (Å²) in [4.78, 5) is 34.6. The van der Waals surface area contributed by atoms with Gasteiger partial charge in [0.15, 0.2) is 0 Å². The summed E-state index contributed by atoms with van der Waals surface area (Å²) in [5, 5.41) is 23.0. The Morgan fingerprint density at radius 1 is 1.08 bits per heavy atom. The molecule has 1 aliphatic carbocycles. The smallest absolute Gasteiger partial charge is 0.407 e. The van der Waals surface area contributed by atoms with Gasteiger partial charge in [0.2, 0.25) is 0 Å². The van der Waals surface area contributed by atoms with E-state index in [1.54, 1.807) is 0 Å². The van der Waals surface area contributed by atoms with Crippen molar-refractivity contribution in [3.05, 3.63) is 99.4 Å². The van der Waals surface area contributed by atoms with Gasteiger partial charge in [-0.3, -0.25) is 10.1 Å². The first-order valence-electron chi connectivity index (χ1n) is 11.2. The van der Waals surface area contributed by atoms with E-state index in [2.05, 4.69) is 5.32 Å². The highest BCUT2D eigenvalue weighted by molar-refractivity contribution is 7.98. The van der Waals surface area contributed by atoms with Gasteiger partial charge in [0, 0.05) is 23.3 Å². The normalized spacial score (nSPS) is 12.9. The molecular formula is C26H23FN2O6S. The number of amides is 1. The maximum absolute atomic E-state index is 13.5. The minimum Gasteiger partial charge on any atom is -0.480 e. The number of nitro benzene ring substituents is 1. The van der Waals surface area contributed by atoms with Crippen molar-refractivity contribution in [1.29, 1.82) is 0 Å². The van der Waals surface area contributed by atoms with Gasteiger partial charge < -0.3 is 15.2 Å². The van der Waals surface area contributed by atoms with E-state index in [9.17, 15) is 29.2 Å². The van der Waals surface area contributed by atoms with Gasteiger partial charge in [-0.15, -0.1) is 0 Å². The molecule has 1 amide bonds. The highest BCUT2D eigenvalue weighted by atomic mass is 32.2. The molecule has 1 unspecified atom stereocenters. The number of carbonyl (C=O) groups excluding carboxylic acids is 1. The van der Waals surface area contributed by atoms with E-state index in [0.717, 1.165) is 40.5 Å². The second kappa shape index (κ2) is 11.2. The number of halogens is 1. The topological polar surface area (TPSA) is 119 Å². The van der Waals surface area contributed by atoms with E-state index >= 15 is 0 Å². The summed E-state index contributed by atoms with van der Waals surface area (Å²) in [6.07, 6.45) is -0.775. The Hall–Kier alpha value is -3.92. The molecule has 1 aliphatic rings. The summed E-state index contributed by atoms with van der Waals surface area (Å²) in [6.45, 7) is 0.0597. The summed E-state index contributed by atoms with van der Waals surface area (Å²) in [7, 11) is 0. The minimum absolute atomic E-state index is 0.0597. The van der Waals surface area contributed by atoms with Crippen LogP contribution in [0.3, 0.4) is 0 Å². The molecule has 8 nitrogen and oxygen atoms in total. The van der Waals surface area contributed by atoms with Crippen molar-refractivity contribution in [2.24, 2.45) is 0 Å². The number of nitrogens with zero attached hydrogens (tertiary/aromatic N) is 1. The van der Waals surface area contributed by atoms with Crippen LogP contribution in [0.2, 0.25) is 0 Å². The van der Waals surface area contributed by atoms with E-state index in [1.165, 1.54) is 11.8 Å². The Balaban J connectivity index is 1.30. The van der Waals surface area contributed by atoms with Gasteiger partial charge in [-0.05, 0) is 46.6 Å². The van der Waals surface area contributed by atoms with Crippen LogP contribution in [0.5, 0.6) is 0 Å². The zero-order valence-electron chi connectivity index (χ0n) is 19.1. The molecule has 0 heterocycles. The quantitative estimate of drug-likeness (QED) is 0.214. The van der Waals surface area contributed by atoms with Crippen molar-refractivity contribution in [3.63, 3.8) is 0 Å². The largest absolute Gasteiger partial charge is 0.480 e. The van der Waals surface area contributed by atoms with Crippen LogP contribution in [0, 0.1) is 15.9 Å². The molecule has 2 N–H and O–H groups in total. The van der Waals surface area contributed by atoms with Gasteiger partial charge in [-0.1, -0.05) is 48.5 Å². The Bertz CT molecular complexity index is 1260. The Labute approximate surface area is 210 Å². The number of nitrogens with one attached hydrogen (secondary N) is 1. The molecule has 1 atom stereocenters. The monoisotopic (exact) mass is 510 g/mol. The SMILES string of the molecule is O=C(NC(CCSCc1cc(F)ccc1[N+](=O)[O-])C(=O)O)OCC1c2ccccc2-c2ccccc21. The number of fused-ring (bicyclic) bond motifs is 3. The highest BCUT2D eigenvalue weighted by Crippen LogP contribution is 2.44. The molecule has 0 radical (unpaired) electrons. The number of aliphatic carboxylic acids is 1. The number of nitro groups is 1. The highest BCUT2D eigenvalue weighted by Gasteiger charge is 2.29. The molecule has 0 bridgehead atoms. The third kappa shape index (κ3) is 5.65. The van der Waals surface area contributed by atoms with Gasteiger partial charge >= 0.3 is 12.1 Å². The summed E-state index contributed by atoms with van der Waals surface area (Å²) < 4.78 is 18.9. The summed E-state index contributed by atoms with van der Waals surface area (Å²) >= 11 is 1.21. The number of carbonyl (C=O) groups is 2. The lowest BCUT2D eigenvalue weighted by Crippen LogP contribution is -2.41. The average molecular weight is 511 g/mol. The van der Waals surface area contributed by atoms with Crippen molar-refractivity contribution in [1.82, 2.24) is 5.32 Å². The van der Waals surface area contributed by atoms with Crippen LogP contribution < -0.4 is 5.32 Å². The molecule has 186 valence electrons. The Morgan fingerprint density at radius 3 is 2.33 bits per heavy atom. The number of carboxylic acids is 1. The van der Waals surface area contributed by atoms with E-state index in [4.69, 9.17) is 4.74 Å². The third-order valence-corrected chi connectivity index (χ3v) is 7.02. The van der Waals surface area contributed by atoms with E-state index < -0.39 is 28.8 Å². The van der Waals surface area contributed by atoms with Gasteiger partial charge in [-0.25, -0.2) is 14.0 Å². The van der Waals surface area contributed by atoms with Crippen LogP contribution in [0.4, 0.5) is 14.9 Å². The number of hydrogen-bond donors (Lipinski definition) is 2. The molecule has 0 saturated heterocycles. The van der Waals surface area contributed by atoms with Crippen LogP contribution in [-0.2, 0) is 15.3 Å². The van der Waals surface area contributed by atoms with Gasteiger partial charge in [0.05, 0.1) is 4.92 Å². The molecule has 0 aromatic heterocycles. The number of ether oxygens (including phenoxy) is 1. The van der Waals surface area contributed by atoms with E-state index in [-0.39, 0.29) is 41.7 Å². The number of hydrogen-bond acceptors (Lipinski definition) is 6. The first-order valence-corrected chi connectivity index (χ1v) is 12.4. The Morgan fingerprint density at radius 2 is 1.72 bits per heavy atom. The van der Waals surface area contributed by atoms with E-state index in [0.29, 0.717) is 0 Å². The standard InChI is InChI=1S/C26H23FN2O6S/c27-17-9-10-24(29(33)34)16(13-17)15-36-12-11-23(25(30)31)28-26(32)35-14-22-20-7-3-1-5-18(20)19-6-2-4-8-21(19)22/h1-10,13,22-23H,11-12,14-15H2,(H,28,32)(H,30,31). The molecule has 3 aromatic rings. The second-order valence-corrected chi connectivity index (χ2v) is 9.34. The average Bonchev–Trinajstić information content (AvgIpc) is 3.18. The molecule has 0 fully saturated rings. The number of benzene rings is 3. The molecule has 0 spiro atoms. The predicted octanol–water partition coefficient (Wildman–Crippen LogP) is 5.35. The van der Waals surface area contributed by atoms with Crippen molar-refractivity contribution in [2.75, 3.05) is 12.4 Å². The van der Waals surface area contributed by atoms with Crippen LogP contribution in [0.25, 0.3) is 11.1 Å². The van der Waals surface area contributed by atoms with Crippen LogP contribution in [-0.4, -0.2) is 40.5 Å². The van der Waals surface area contributed by atoms with E-state index in [1.807, 2.05) is 48.5 Å². The molecule has 4 rings (SSSR count). The van der Waals surface area contributed by atoms with Crippen LogP contribution in [0.15, 0.2) is 66.7 Å². The summed E-state index contributed by atoms with van der Waals surface area (Å²) in [5.41, 5.74) is 4.27. The molecular weight excluding hydrogens is 487 g/mol. The molecule has 36 heavy (non-hydrogen) atoms. The Kier molecular flexibility index (Phi) is 7.84. The molecule has 3 aromatic carbocycles. The fourth-order valence-corrected chi connectivity index (χ4v) is 5.27. The second-order valence-electron chi connectivity index (χ2n) is 8.23. The predicted molar refractivity (Wildman–Crippen MR) is 133 cm³/mol. The number of rotatable bonds is 10. The molecule has 0 saturated carbocycles. The maximum atomic E-state index is 13.5.